The summed E-state index contributed by atoms with van der Waals surface area (Å²) in [5.41, 5.74) is 4.52. The van der Waals surface area contributed by atoms with Crippen molar-refractivity contribution in [3.63, 3.8) is 0 Å². The van der Waals surface area contributed by atoms with Crippen LogP contribution in [0.3, 0.4) is 0 Å². The van der Waals surface area contributed by atoms with E-state index in [0.717, 1.165) is 22.3 Å². The summed E-state index contributed by atoms with van der Waals surface area (Å²) in [7, 11) is -3.61. The summed E-state index contributed by atoms with van der Waals surface area (Å²) in [5, 5.41) is 0. The highest BCUT2D eigenvalue weighted by Crippen LogP contribution is 2.30. The summed E-state index contributed by atoms with van der Waals surface area (Å²) in [5.74, 6) is 0.563. The van der Waals surface area contributed by atoms with Crippen molar-refractivity contribution in [1.29, 1.82) is 0 Å². The summed E-state index contributed by atoms with van der Waals surface area (Å²) >= 11 is 0. The van der Waals surface area contributed by atoms with Crippen LogP contribution >= 0.6 is 0 Å². The van der Waals surface area contributed by atoms with Crippen LogP contribution in [0.2, 0.25) is 0 Å². The van der Waals surface area contributed by atoms with E-state index in [1.54, 1.807) is 54.9 Å². The molecule has 0 unspecified atom stereocenters. The summed E-state index contributed by atoms with van der Waals surface area (Å²) in [6.45, 7) is 2.03. The van der Waals surface area contributed by atoms with Gasteiger partial charge in [0.1, 0.15) is 6.26 Å². The van der Waals surface area contributed by atoms with Gasteiger partial charge in [-0.25, -0.2) is 13.4 Å². The molecule has 4 rings (SSSR count). The Kier molecular flexibility index (Phi) is 4.71. The highest BCUT2D eigenvalue weighted by atomic mass is 32.2. The first-order valence-corrected chi connectivity index (χ1v) is 10.2. The highest BCUT2D eigenvalue weighted by molar-refractivity contribution is 7.92. The standard InChI is InChI=1S/C22H18N2O3S/c1-16-7-8-18(22-23-13-14-27-22)15-21(16)17-9-11-19(12-10-17)24-28(25,26)20-5-3-2-4-6-20/h2-15,24H,1H3. The van der Waals surface area contributed by atoms with Crippen molar-refractivity contribution >= 4 is 15.7 Å². The van der Waals surface area contributed by atoms with Crippen LogP contribution in [0.4, 0.5) is 5.69 Å². The average Bonchev–Trinajstić information content (AvgIpc) is 3.24. The Hall–Kier alpha value is -3.38. The number of aryl methyl sites for hydroxylation is 1. The fraction of sp³-hybridized carbons (Fsp3) is 0.0455. The van der Waals surface area contributed by atoms with Gasteiger partial charge in [0.25, 0.3) is 10.0 Å². The van der Waals surface area contributed by atoms with E-state index < -0.39 is 10.0 Å². The van der Waals surface area contributed by atoms with Gasteiger partial charge in [-0.05, 0) is 60.0 Å². The topological polar surface area (TPSA) is 72.2 Å². The number of oxazole rings is 1. The molecule has 0 radical (unpaired) electrons. The van der Waals surface area contributed by atoms with Gasteiger partial charge in [-0.15, -0.1) is 0 Å². The van der Waals surface area contributed by atoms with Crippen LogP contribution in [0.5, 0.6) is 0 Å². The molecular weight excluding hydrogens is 372 g/mol. The number of rotatable bonds is 5. The van der Waals surface area contributed by atoms with Crippen LogP contribution in [0.15, 0.2) is 94.6 Å². The molecule has 0 amide bonds. The molecule has 0 fully saturated rings. The fourth-order valence-corrected chi connectivity index (χ4v) is 4.04. The van der Waals surface area contributed by atoms with Crippen molar-refractivity contribution in [3.8, 4) is 22.6 Å². The Morgan fingerprint density at radius 3 is 2.29 bits per heavy atom. The van der Waals surface area contributed by atoms with Crippen molar-refractivity contribution in [2.75, 3.05) is 4.72 Å². The number of aromatic nitrogens is 1. The Balaban J connectivity index is 1.61. The lowest BCUT2D eigenvalue weighted by Gasteiger charge is -2.11. The van der Waals surface area contributed by atoms with Gasteiger partial charge in [-0.2, -0.15) is 0 Å². The average molecular weight is 390 g/mol. The zero-order valence-corrected chi connectivity index (χ0v) is 16.0. The quantitative estimate of drug-likeness (QED) is 0.513. The molecule has 0 aliphatic rings. The molecule has 0 saturated carbocycles. The second-order valence-corrected chi connectivity index (χ2v) is 8.05. The zero-order valence-electron chi connectivity index (χ0n) is 15.2. The smallest absolute Gasteiger partial charge is 0.261 e. The molecule has 0 spiro atoms. The van der Waals surface area contributed by atoms with Gasteiger partial charge in [-0.3, -0.25) is 4.72 Å². The predicted molar refractivity (Wildman–Crippen MR) is 109 cm³/mol. The predicted octanol–water partition coefficient (Wildman–Crippen LogP) is 5.12. The molecule has 0 bridgehead atoms. The van der Waals surface area contributed by atoms with Crippen LogP contribution in [0, 0.1) is 6.92 Å². The summed E-state index contributed by atoms with van der Waals surface area (Å²) in [6, 6.07) is 21.6. The Morgan fingerprint density at radius 1 is 0.893 bits per heavy atom. The molecule has 1 aromatic heterocycles. The molecule has 1 heterocycles. The van der Waals surface area contributed by atoms with E-state index in [1.807, 2.05) is 37.3 Å². The molecule has 6 heteroatoms. The van der Waals surface area contributed by atoms with Gasteiger partial charge in [0, 0.05) is 11.3 Å². The zero-order chi connectivity index (χ0) is 19.6. The molecule has 0 aliphatic heterocycles. The molecule has 0 atom stereocenters. The van der Waals surface area contributed by atoms with Crippen molar-refractivity contribution in [1.82, 2.24) is 4.98 Å². The summed E-state index contributed by atoms with van der Waals surface area (Å²) < 4.78 is 32.9. The molecule has 140 valence electrons. The first-order chi connectivity index (χ1) is 13.5. The van der Waals surface area contributed by atoms with E-state index in [9.17, 15) is 8.42 Å². The Morgan fingerprint density at radius 2 is 1.61 bits per heavy atom. The number of hydrogen-bond acceptors (Lipinski definition) is 4. The van der Waals surface area contributed by atoms with E-state index in [4.69, 9.17) is 4.42 Å². The van der Waals surface area contributed by atoms with Gasteiger partial charge in [0.15, 0.2) is 0 Å². The normalized spacial score (nSPS) is 11.3. The van der Waals surface area contributed by atoms with Crippen molar-refractivity contribution in [2.24, 2.45) is 0 Å². The molecule has 0 saturated heterocycles. The molecule has 4 aromatic rings. The third-order valence-corrected chi connectivity index (χ3v) is 5.82. The maximum Gasteiger partial charge on any atom is 0.261 e. The number of sulfonamides is 1. The van der Waals surface area contributed by atoms with Gasteiger partial charge in [-0.1, -0.05) is 36.4 Å². The number of anilines is 1. The maximum absolute atomic E-state index is 12.5. The van der Waals surface area contributed by atoms with E-state index in [2.05, 4.69) is 9.71 Å². The number of benzene rings is 3. The number of nitrogens with one attached hydrogen (secondary N) is 1. The SMILES string of the molecule is Cc1ccc(-c2ncco2)cc1-c1ccc(NS(=O)(=O)c2ccccc2)cc1. The largest absolute Gasteiger partial charge is 0.445 e. The van der Waals surface area contributed by atoms with E-state index in [-0.39, 0.29) is 4.90 Å². The van der Waals surface area contributed by atoms with Crippen molar-refractivity contribution < 1.29 is 12.8 Å². The summed E-state index contributed by atoms with van der Waals surface area (Å²) in [6.07, 6.45) is 3.16. The molecule has 1 N–H and O–H groups in total. The van der Waals surface area contributed by atoms with Crippen LogP contribution in [-0.2, 0) is 10.0 Å². The molecule has 28 heavy (non-hydrogen) atoms. The van der Waals surface area contributed by atoms with Crippen LogP contribution in [0.1, 0.15) is 5.56 Å². The highest BCUT2D eigenvalue weighted by Gasteiger charge is 2.14. The van der Waals surface area contributed by atoms with E-state index in [1.165, 1.54) is 0 Å². The van der Waals surface area contributed by atoms with Gasteiger partial charge < -0.3 is 4.42 Å². The maximum atomic E-state index is 12.5. The van der Waals surface area contributed by atoms with Crippen LogP contribution in [-0.4, -0.2) is 13.4 Å². The lowest BCUT2D eigenvalue weighted by atomic mass is 9.98. The molecule has 0 aliphatic carbocycles. The Labute approximate surface area is 163 Å². The lowest BCUT2D eigenvalue weighted by Crippen LogP contribution is -2.12. The Bertz CT molecular complexity index is 1180. The van der Waals surface area contributed by atoms with Gasteiger partial charge in [0.2, 0.25) is 5.89 Å². The van der Waals surface area contributed by atoms with Crippen LogP contribution < -0.4 is 4.72 Å². The molecule has 5 nitrogen and oxygen atoms in total. The van der Waals surface area contributed by atoms with Gasteiger partial charge >= 0.3 is 0 Å². The molecule has 3 aromatic carbocycles. The van der Waals surface area contributed by atoms with E-state index in [0.29, 0.717) is 11.6 Å². The second kappa shape index (κ2) is 7.32. The molecular formula is C22H18N2O3S. The van der Waals surface area contributed by atoms with Crippen LogP contribution in [0.25, 0.3) is 22.6 Å². The van der Waals surface area contributed by atoms with Gasteiger partial charge in [0.05, 0.1) is 11.1 Å². The van der Waals surface area contributed by atoms with Crippen molar-refractivity contribution in [3.05, 3.63) is 90.8 Å². The third-order valence-electron chi connectivity index (χ3n) is 4.42. The minimum Gasteiger partial charge on any atom is -0.445 e. The summed E-state index contributed by atoms with van der Waals surface area (Å²) in [4.78, 5) is 4.42. The minimum absolute atomic E-state index is 0.230. The second-order valence-electron chi connectivity index (χ2n) is 6.36. The number of hydrogen-bond donors (Lipinski definition) is 1. The minimum atomic E-state index is -3.61. The first-order valence-electron chi connectivity index (χ1n) is 8.72. The van der Waals surface area contributed by atoms with Crippen molar-refractivity contribution in [2.45, 2.75) is 11.8 Å². The van der Waals surface area contributed by atoms with E-state index >= 15 is 0 Å². The lowest BCUT2D eigenvalue weighted by molar-refractivity contribution is 0.574. The number of nitrogens with zero attached hydrogens (tertiary/aromatic N) is 1. The first kappa shape index (κ1) is 18.0. The fourth-order valence-electron chi connectivity index (χ4n) is 2.96. The third kappa shape index (κ3) is 3.68. The monoisotopic (exact) mass is 390 g/mol.